The van der Waals surface area contributed by atoms with Crippen LogP contribution in [0.2, 0.25) is 5.02 Å². The predicted molar refractivity (Wildman–Crippen MR) is 120 cm³/mol. The second-order valence-electron chi connectivity index (χ2n) is 8.40. The summed E-state index contributed by atoms with van der Waals surface area (Å²) in [6.45, 7) is 5.84. The van der Waals surface area contributed by atoms with Crippen LogP contribution in [0, 0.1) is 0 Å². The fourth-order valence-corrected chi connectivity index (χ4v) is 4.63. The quantitative estimate of drug-likeness (QED) is 0.507. The molecule has 0 aliphatic carbocycles. The number of aryl methyl sites for hydroxylation is 1. The minimum absolute atomic E-state index is 0.0426. The van der Waals surface area contributed by atoms with Gasteiger partial charge < -0.3 is 20.2 Å². The molecule has 0 radical (unpaired) electrons. The first-order valence-corrected chi connectivity index (χ1v) is 11.2. The predicted octanol–water partition coefficient (Wildman–Crippen LogP) is 2.16. The number of amides is 4. The van der Waals surface area contributed by atoms with Crippen LogP contribution in [0.15, 0.2) is 18.2 Å². The number of carboxylic acid groups (broad SMARTS) is 1. The molecule has 9 nitrogen and oxygen atoms in total. The Morgan fingerprint density at radius 1 is 1.22 bits per heavy atom. The van der Waals surface area contributed by atoms with Crippen molar-refractivity contribution in [3.63, 3.8) is 0 Å². The zero-order valence-corrected chi connectivity index (χ0v) is 19.1. The highest BCUT2D eigenvalue weighted by atomic mass is 35.5. The van der Waals surface area contributed by atoms with Crippen LogP contribution >= 0.6 is 11.6 Å². The van der Waals surface area contributed by atoms with Crippen LogP contribution in [0.3, 0.4) is 0 Å². The molecule has 1 aromatic rings. The van der Waals surface area contributed by atoms with Crippen LogP contribution in [0.25, 0.3) is 0 Å². The second kappa shape index (κ2) is 9.77. The van der Waals surface area contributed by atoms with E-state index in [0.29, 0.717) is 19.6 Å². The van der Waals surface area contributed by atoms with Crippen LogP contribution in [0.4, 0.5) is 10.5 Å². The minimum Gasteiger partial charge on any atom is -0.481 e. The van der Waals surface area contributed by atoms with Gasteiger partial charge in [0.25, 0.3) is 5.91 Å². The fraction of sp³-hybridized carbons (Fsp3) is 0.545. The number of carboxylic acids is 1. The molecule has 2 heterocycles. The van der Waals surface area contributed by atoms with Gasteiger partial charge in [0.05, 0.1) is 0 Å². The van der Waals surface area contributed by atoms with E-state index in [0.717, 1.165) is 22.7 Å². The SMILES string of the molecule is CCc1cc(N2CCN(C(=O)CCC3(CCC(=O)O)NC(=O)NC3=O)C[C@@H]2C)ccc1Cl. The molecule has 2 aliphatic heterocycles. The smallest absolute Gasteiger partial charge is 0.322 e. The summed E-state index contributed by atoms with van der Waals surface area (Å²) >= 11 is 6.24. The van der Waals surface area contributed by atoms with Gasteiger partial charge in [-0.05, 0) is 49.9 Å². The molecule has 2 fully saturated rings. The van der Waals surface area contributed by atoms with E-state index < -0.39 is 23.4 Å². The third kappa shape index (κ3) is 5.15. The minimum atomic E-state index is -1.36. The molecule has 0 bridgehead atoms. The standard InChI is InChI=1S/C22H29ClN4O5/c1-3-15-12-16(4-5-17(15)23)27-11-10-26(13-14(27)2)18(28)6-8-22(9-7-19(29)30)20(31)24-21(32)25-22/h4-5,12,14H,3,6-11,13H2,1-2H3,(H,29,30)(H2,24,25,31,32)/t14-,22?/m0/s1. The molecule has 1 aromatic carbocycles. The monoisotopic (exact) mass is 464 g/mol. The lowest BCUT2D eigenvalue weighted by molar-refractivity contribution is -0.137. The largest absolute Gasteiger partial charge is 0.481 e. The number of hydrogen-bond acceptors (Lipinski definition) is 5. The molecule has 2 saturated heterocycles. The van der Waals surface area contributed by atoms with Crippen molar-refractivity contribution in [2.45, 2.75) is 57.5 Å². The molecule has 2 atom stereocenters. The Morgan fingerprint density at radius 2 is 1.94 bits per heavy atom. The topological polar surface area (TPSA) is 119 Å². The van der Waals surface area contributed by atoms with Gasteiger partial charge in [-0.3, -0.25) is 19.7 Å². The zero-order valence-electron chi connectivity index (χ0n) is 18.3. The molecule has 2 aliphatic rings. The number of nitrogens with one attached hydrogen (secondary N) is 2. The molecule has 174 valence electrons. The summed E-state index contributed by atoms with van der Waals surface area (Å²) in [5.41, 5.74) is 0.792. The number of nitrogens with zero attached hydrogens (tertiary/aromatic N) is 2. The van der Waals surface area contributed by atoms with Crippen LogP contribution < -0.4 is 15.5 Å². The average molecular weight is 465 g/mol. The first-order valence-electron chi connectivity index (χ1n) is 10.8. The fourth-order valence-electron chi connectivity index (χ4n) is 4.38. The second-order valence-corrected chi connectivity index (χ2v) is 8.80. The average Bonchev–Trinajstić information content (AvgIpc) is 3.04. The Kier molecular flexibility index (Phi) is 7.28. The molecule has 3 N–H and O–H groups in total. The van der Waals surface area contributed by atoms with Crippen molar-refractivity contribution < 1.29 is 24.3 Å². The summed E-state index contributed by atoms with van der Waals surface area (Å²) in [7, 11) is 0. The van der Waals surface area contributed by atoms with Gasteiger partial charge in [0.15, 0.2) is 0 Å². The van der Waals surface area contributed by atoms with Gasteiger partial charge in [0.1, 0.15) is 5.54 Å². The third-order valence-electron chi connectivity index (χ3n) is 6.27. The molecule has 0 saturated carbocycles. The molecule has 0 aromatic heterocycles. The van der Waals surface area contributed by atoms with E-state index in [1.807, 2.05) is 12.1 Å². The van der Waals surface area contributed by atoms with Gasteiger partial charge in [-0.2, -0.15) is 0 Å². The van der Waals surface area contributed by atoms with E-state index in [9.17, 15) is 19.2 Å². The first-order chi connectivity index (χ1) is 15.1. The van der Waals surface area contributed by atoms with Crippen molar-refractivity contribution in [3.8, 4) is 0 Å². The number of aliphatic carboxylic acids is 1. The number of hydrogen-bond donors (Lipinski definition) is 3. The number of imide groups is 1. The number of anilines is 1. The highest BCUT2D eigenvalue weighted by Crippen LogP contribution is 2.28. The van der Waals surface area contributed by atoms with Crippen molar-refractivity contribution in [1.82, 2.24) is 15.5 Å². The summed E-state index contributed by atoms with van der Waals surface area (Å²) in [5.74, 6) is -1.77. The number of rotatable bonds is 8. The van der Waals surface area contributed by atoms with E-state index in [-0.39, 0.29) is 37.6 Å². The lowest BCUT2D eigenvalue weighted by Crippen LogP contribution is -2.54. The number of halogens is 1. The molecule has 4 amide bonds. The Bertz CT molecular complexity index is 924. The van der Waals surface area contributed by atoms with Crippen LogP contribution in [-0.2, 0) is 20.8 Å². The summed E-state index contributed by atoms with van der Waals surface area (Å²) in [4.78, 5) is 51.8. The van der Waals surface area contributed by atoms with E-state index in [2.05, 4.69) is 35.4 Å². The molecule has 10 heteroatoms. The van der Waals surface area contributed by atoms with Gasteiger partial charge >= 0.3 is 12.0 Å². The van der Waals surface area contributed by atoms with Gasteiger partial charge in [0, 0.05) is 49.2 Å². The van der Waals surface area contributed by atoms with Gasteiger partial charge in [0.2, 0.25) is 5.91 Å². The summed E-state index contributed by atoms with van der Waals surface area (Å²) in [6.07, 6.45) is 0.600. The van der Waals surface area contributed by atoms with Crippen LogP contribution in [0.5, 0.6) is 0 Å². The zero-order chi connectivity index (χ0) is 23.5. The van der Waals surface area contributed by atoms with Crippen molar-refractivity contribution in [3.05, 3.63) is 28.8 Å². The third-order valence-corrected chi connectivity index (χ3v) is 6.64. The maximum absolute atomic E-state index is 12.9. The van der Waals surface area contributed by atoms with Gasteiger partial charge in [-0.1, -0.05) is 18.5 Å². The number of urea groups is 1. The van der Waals surface area contributed by atoms with E-state index in [4.69, 9.17) is 16.7 Å². The summed E-state index contributed by atoms with van der Waals surface area (Å²) < 4.78 is 0. The van der Waals surface area contributed by atoms with Crippen molar-refractivity contribution in [2.75, 3.05) is 24.5 Å². The van der Waals surface area contributed by atoms with Gasteiger partial charge in [-0.15, -0.1) is 0 Å². The lowest BCUT2D eigenvalue weighted by atomic mass is 9.88. The number of benzene rings is 1. The Hall–Kier alpha value is -2.81. The molecule has 0 spiro atoms. The van der Waals surface area contributed by atoms with Crippen molar-refractivity contribution >= 4 is 41.1 Å². The van der Waals surface area contributed by atoms with E-state index >= 15 is 0 Å². The Morgan fingerprint density at radius 3 is 2.53 bits per heavy atom. The number of carbonyl (C=O) groups excluding carboxylic acids is 3. The van der Waals surface area contributed by atoms with Crippen molar-refractivity contribution in [2.24, 2.45) is 0 Å². The Labute approximate surface area is 192 Å². The molecule has 3 rings (SSSR count). The first kappa shape index (κ1) is 23.8. The molecular weight excluding hydrogens is 436 g/mol. The van der Waals surface area contributed by atoms with Crippen LogP contribution in [0.1, 0.15) is 45.1 Å². The summed E-state index contributed by atoms with van der Waals surface area (Å²) in [6, 6.07) is 5.41. The lowest BCUT2D eigenvalue weighted by Gasteiger charge is -2.41. The maximum Gasteiger partial charge on any atom is 0.322 e. The normalized spacial score (nSPS) is 23.2. The van der Waals surface area contributed by atoms with Crippen molar-refractivity contribution in [1.29, 1.82) is 0 Å². The highest BCUT2D eigenvalue weighted by molar-refractivity contribution is 6.31. The van der Waals surface area contributed by atoms with E-state index in [1.54, 1.807) is 4.90 Å². The number of piperazine rings is 1. The summed E-state index contributed by atoms with van der Waals surface area (Å²) in [5, 5.41) is 14.4. The highest BCUT2D eigenvalue weighted by Gasteiger charge is 2.46. The molecular formula is C22H29ClN4O5. The van der Waals surface area contributed by atoms with Gasteiger partial charge in [-0.25, -0.2) is 4.79 Å². The Balaban J connectivity index is 1.61. The number of carbonyl (C=O) groups is 4. The van der Waals surface area contributed by atoms with E-state index in [1.165, 1.54) is 0 Å². The maximum atomic E-state index is 12.9. The van der Waals surface area contributed by atoms with Crippen LogP contribution in [-0.4, -0.2) is 65.0 Å². The molecule has 1 unspecified atom stereocenters. The molecule has 32 heavy (non-hydrogen) atoms.